The first-order valence-electron chi connectivity index (χ1n) is 13.8. The van der Waals surface area contributed by atoms with Gasteiger partial charge in [-0.05, 0) is 32.9 Å². The van der Waals surface area contributed by atoms with E-state index < -0.39 is 6.15 Å². The zero-order chi connectivity index (χ0) is 27.5. The molecular formula is C35H37BN2O. The average molecular weight is 513 g/mol. The fourth-order valence-corrected chi connectivity index (χ4v) is 5.51. The summed E-state index contributed by atoms with van der Waals surface area (Å²) < 4.78 is 1.67. The number of hydrogen-bond donors (Lipinski definition) is 0. The number of aryl methyl sites for hydroxylation is 1. The molecule has 1 amide bonds. The molecule has 3 nitrogen and oxygen atoms in total. The Bertz CT molecular complexity index is 1270. The fraction of sp³-hybridized carbons (Fsp3) is 0.143. The van der Waals surface area contributed by atoms with Crippen LogP contribution in [-0.2, 0) is 0 Å². The molecule has 0 unspecified atom stereocenters. The minimum absolute atomic E-state index is 0.0492. The highest BCUT2D eigenvalue weighted by Gasteiger charge is 2.31. The summed E-state index contributed by atoms with van der Waals surface area (Å²) in [5.74, 6) is 0. The van der Waals surface area contributed by atoms with E-state index in [1.807, 2.05) is 39.0 Å². The zero-order valence-corrected chi connectivity index (χ0v) is 23.2. The largest absolute Gasteiger partial charge is 0.498 e. The maximum atomic E-state index is 11.9. The highest BCUT2D eigenvalue weighted by molar-refractivity contribution is 7.19. The molecule has 0 radical (unpaired) electrons. The average Bonchev–Trinajstić information content (AvgIpc) is 3.01. The molecule has 5 aromatic rings. The van der Waals surface area contributed by atoms with Crippen molar-refractivity contribution in [1.29, 1.82) is 0 Å². The first-order valence-corrected chi connectivity index (χ1v) is 13.8. The standard InChI is InChI=1S/C24H20B.C11H17N2O/c1-5-13-21(14-6-1)25(22-15-7-2-8-16-22,23-17-9-3-10-18-23)24-19-11-4-12-20-24;1-4-12(5-2)11(14)13-9-7-6-8-10(13)3/h1-20H;6-9H,4-5H2,1-3H3/q-1;+1. The molecular weight excluding hydrogens is 475 g/mol. The van der Waals surface area contributed by atoms with Crippen LogP contribution in [-0.4, -0.2) is 30.2 Å². The van der Waals surface area contributed by atoms with Gasteiger partial charge >= 0.3 is 6.03 Å². The Balaban J connectivity index is 0.000000215. The third-order valence-corrected chi connectivity index (χ3v) is 7.50. The van der Waals surface area contributed by atoms with Gasteiger partial charge in [0.15, 0.2) is 0 Å². The number of hydrogen-bond acceptors (Lipinski definition) is 1. The molecule has 4 heteroatoms. The first kappa shape index (κ1) is 27.6. The van der Waals surface area contributed by atoms with E-state index in [2.05, 4.69) is 121 Å². The molecule has 0 aliphatic rings. The number of aromatic nitrogens is 1. The molecule has 0 N–H and O–H groups in total. The monoisotopic (exact) mass is 512 g/mol. The van der Waals surface area contributed by atoms with Gasteiger partial charge in [-0.25, -0.2) is 4.90 Å². The Labute approximate surface area is 233 Å². The van der Waals surface area contributed by atoms with Crippen LogP contribution < -0.4 is 26.4 Å². The molecule has 0 aliphatic carbocycles. The fourth-order valence-electron chi connectivity index (χ4n) is 5.51. The van der Waals surface area contributed by atoms with Crippen molar-refractivity contribution >= 4 is 34.0 Å². The Morgan fingerprint density at radius 1 is 0.564 bits per heavy atom. The summed E-state index contributed by atoms with van der Waals surface area (Å²) in [6.45, 7) is 7.40. The van der Waals surface area contributed by atoms with E-state index in [9.17, 15) is 4.79 Å². The van der Waals surface area contributed by atoms with E-state index in [0.29, 0.717) is 0 Å². The number of carbonyl (C=O) groups is 1. The molecule has 0 saturated heterocycles. The van der Waals surface area contributed by atoms with Gasteiger partial charge in [-0.3, -0.25) is 0 Å². The van der Waals surface area contributed by atoms with Crippen LogP contribution in [0.2, 0.25) is 0 Å². The lowest BCUT2D eigenvalue weighted by Crippen LogP contribution is -2.74. The van der Waals surface area contributed by atoms with E-state index in [1.54, 1.807) is 15.7 Å². The Morgan fingerprint density at radius 3 is 1.21 bits per heavy atom. The Morgan fingerprint density at radius 2 is 0.897 bits per heavy atom. The van der Waals surface area contributed by atoms with Crippen LogP contribution in [0.1, 0.15) is 19.5 Å². The highest BCUT2D eigenvalue weighted by atomic mass is 16.2. The van der Waals surface area contributed by atoms with Gasteiger partial charge in [-0.2, -0.15) is 31.2 Å². The molecule has 0 spiro atoms. The van der Waals surface area contributed by atoms with Crippen molar-refractivity contribution in [3.8, 4) is 0 Å². The van der Waals surface area contributed by atoms with Crippen molar-refractivity contribution in [3.63, 3.8) is 0 Å². The normalized spacial score (nSPS) is 10.7. The van der Waals surface area contributed by atoms with Crippen LogP contribution in [0.4, 0.5) is 4.79 Å². The summed E-state index contributed by atoms with van der Waals surface area (Å²) in [6, 6.07) is 49.3. The first-order chi connectivity index (χ1) is 19.1. The van der Waals surface area contributed by atoms with Gasteiger partial charge in [0.25, 0.3) is 0 Å². The maximum Gasteiger partial charge on any atom is 0.498 e. The highest BCUT2D eigenvalue weighted by Crippen LogP contribution is 2.09. The van der Waals surface area contributed by atoms with Gasteiger partial charge in [0.05, 0.1) is 19.3 Å². The van der Waals surface area contributed by atoms with Crippen LogP contribution in [0.15, 0.2) is 146 Å². The van der Waals surface area contributed by atoms with Crippen molar-refractivity contribution in [2.45, 2.75) is 20.8 Å². The summed E-state index contributed by atoms with van der Waals surface area (Å²) >= 11 is 0. The lowest BCUT2D eigenvalue weighted by molar-refractivity contribution is -0.585. The van der Waals surface area contributed by atoms with E-state index in [0.717, 1.165) is 18.8 Å². The minimum atomic E-state index is -1.22. The topological polar surface area (TPSA) is 24.2 Å². The number of rotatable bonds is 6. The summed E-state index contributed by atoms with van der Waals surface area (Å²) in [5.41, 5.74) is 6.32. The molecule has 0 saturated carbocycles. The number of benzene rings is 4. The zero-order valence-electron chi connectivity index (χ0n) is 23.2. The lowest BCUT2D eigenvalue weighted by atomic mass is 9.13. The Hall–Kier alpha value is -4.44. The second-order valence-corrected chi connectivity index (χ2v) is 9.68. The predicted molar refractivity (Wildman–Crippen MR) is 165 cm³/mol. The molecule has 1 aromatic heterocycles. The number of nitrogens with zero attached hydrogens (tertiary/aromatic N) is 2. The van der Waals surface area contributed by atoms with E-state index in [-0.39, 0.29) is 6.03 Å². The Kier molecular flexibility index (Phi) is 9.47. The van der Waals surface area contributed by atoms with Crippen molar-refractivity contribution in [2.75, 3.05) is 13.1 Å². The second kappa shape index (κ2) is 13.4. The van der Waals surface area contributed by atoms with Crippen LogP contribution in [0.25, 0.3) is 0 Å². The molecule has 4 aromatic carbocycles. The maximum absolute atomic E-state index is 11.9. The quantitative estimate of drug-likeness (QED) is 0.240. The van der Waals surface area contributed by atoms with Gasteiger partial charge in [0.1, 0.15) is 11.8 Å². The number of amides is 1. The third kappa shape index (κ3) is 6.01. The number of pyridine rings is 1. The van der Waals surface area contributed by atoms with Gasteiger partial charge < -0.3 is 0 Å². The molecule has 39 heavy (non-hydrogen) atoms. The van der Waals surface area contributed by atoms with E-state index >= 15 is 0 Å². The van der Waals surface area contributed by atoms with Crippen LogP contribution in [0.3, 0.4) is 0 Å². The van der Waals surface area contributed by atoms with Gasteiger partial charge in [0.2, 0.25) is 0 Å². The van der Waals surface area contributed by atoms with Crippen molar-refractivity contribution in [2.24, 2.45) is 0 Å². The van der Waals surface area contributed by atoms with Crippen LogP contribution in [0.5, 0.6) is 0 Å². The SMILES string of the molecule is CCN(CC)C(=O)[n+]1ccccc1C.c1ccc([B-](c2ccccc2)(c2ccccc2)c2ccccc2)cc1. The molecule has 0 atom stereocenters. The third-order valence-electron chi connectivity index (χ3n) is 7.50. The summed E-state index contributed by atoms with van der Waals surface area (Å²) in [4.78, 5) is 13.7. The minimum Gasteiger partial charge on any atom is -0.226 e. The van der Waals surface area contributed by atoms with Crippen molar-refractivity contribution in [3.05, 3.63) is 151 Å². The lowest BCUT2D eigenvalue weighted by Gasteiger charge is -2.44. The molecule has 0 fully saturated rings. The molecule has 196 valence electrons. The molecule has 1 heterocycles. The van der Waals surface area contributed by atoms with Gasteiger partial charge in [-0.1, -0.05) is 127 Å². The van der Waals surface area contributed by atoms with Crippen LogP contribution >= 0.6 is 0 Å². The van der Waals surface area contributed by atoms with Crippen LogP contribution in [0, 0.1) is 6.92 Å². The van der Waals surface area contributed by atoms with Gasteiger partial charge in [0, 0.05) is 0 Å². The van der Waals surface area contributed by atoms with Crippen molar-refractivity contribution in [1.82, 2.24) is 4.90 Å². The summed E-state index contributed by atoms with van der Waals surface area (Å²) in [7, 11) is 0. The molecule has 0 aliphatic heterocycles. The summed E-state index contributed by atoms with van der Waals surface area (Å²) in [6.07, 6.45) is 0.586. The smallest absolute Gasteiger partial charge is 0.226 e. The molecule has 0 bridgehead atoms. The molecule has 5 rings (SSSR count). The van der Waals surface area contributed by atoms with Crippen molar-refractivity contribution < 1.29 is 9.36 Å². The van der Waals surface area contributed by atoms with E-state index in [4.69, 9.17) is 0 Å². The second-order valence-electron chi connectivity index (χ2n) is 9.68. The summed E-state index contributed by atoms with van der Waals surface area (Å²) in [5, 5.41) is 0. The van der Waals surface area contributed by atoms with Gasteiger partial charge in [-0.15, -0.1) is 0 Å². The van der Waals surface area contributed by atoms with E-state index in [1.165, 1.54) is 21.9 Å². The number of carbonyl (C=O) groups excluding carboxylic acids is 1. The predicted octanol–water partition coefficient (Wildman–Crippen LogP) is 4.66.